The fourth-order valence-electron chi connectivity index (χ4n) is 2.18. The summed E-state index contributed by atoms with van der Waals surface area (Å²) in [4.78, 5) is 23.9. The van der Waals surface area contributed by atoms with Gasteiger partial charge in [0.25, 0.3) is 5.79 Å². The van der Waals surface area contributed by atoms with E-state index in [1.807, 2.05) is 0 Å². The highest BCUT2D eigenvalue weighted by Crippen LogP contribution is 2.25. The fraction of sp³-hybridized carbons (Fsp3) is 0.188. The molecule has 1 aromatic heterocycles. The van der Waals surface area contributed by atoms with Gasteiger partial charge in [0.05, 0.1) is 22.6 Å². The number of nitrogens with one attached hydrogen (secondary N) is 1. The number of cyclic esters (lactones) is 2. The molecule has 130 valence electrons. The second-order valence-electron chi connectivity index (χ2n) is 5.65. The molecular formula is C16H13ClFN3O4. The summed E-state index contributed by atoms with van der Waals surface area (Å²) in [5.74, 6) is -3.53. The molecule has 0 radical (unpaired) electrons. The molecule has 1 aliphatic heterocycles. The Morgan fingerprint density at radius 3 is 2.56 bits per heavy atom. The van der Waals surface area contributed by atoms with Gasteiger partial charge in [0.15, 0.2) is 5.57 Å². The van der Waals surface area contributed by atoms with Crippen molar-refractivity contribution in [3.8, 4) is 5.69 Å². The van der Waals surface area contributed by atoms with Crippen LogP contribution < -0.4 is 5.32 Å². The van der Waals surface area contributed by atoms with E-state index in [1.165, 1.54) is 49.1 Å². The summed E-state index contributed by atoms with van der Waals surface area (Å²) < 4.78 is 25.0. The molecular weight excluding hydrogens is 353 g/mol. The molecule has 0 unspecified atom stereocenters. The fourth-order valence-corrected chi connectivity index (χ4v) is 2.32. The number of esters is 2. The Balaban J connectivity index is 1.92. The summed E-state index contributed by atoms with van der Waals surface area (Å²) in [6.45, 7) is 2.89. The smallest absolute Gasteiger partial charge is 0.350 e. The van der Waals surface area contributed by atoms with Crippen LogP contribution in [0.25, 0.3) is 5.69 Å². The van der Waals surface area contributed by atoms with Gasteiger partial charge in [-0.25, -0.2) is 18.7 Å². The minimum Gasteiger partial charge on any atom is -0.419 e. The van der Waals surface area contributed by atoms with Crippen molar-refractivity contribution in [3.05, 3.63) is 53.2 Å². The average molecular weight is 366 g/mol. The summed E-state index contributed by atoms with van der Waals surface area (Å²) in [5, 5.41) is 7.15. The summed E-state index contributed by atoms with van der Waals surface area (Å²) in [5.41, 5.74) is 0.383. The lowest BCUT2D eigenvalue weighted by Gasteiger charge is -2.29. The normalized spacial score (nSPS) is 16.2. The molecule has 0 saturated carbocycles. The van der Waals surface area contributed by atoms with Crippen molar-refractivity contribution in [2.45, 2.75) is 19.6 Å². The van der Waals surface area contributed by atoms with E-state index in [0.29, 0.717) is 10.7 Å². The van der Waals surface area contributed by atoms with E-state index in [1.54, 1.807) is 0 Å². The minimum atomic E-state index is -1.33. The van der Waals surface area contributed by atoms with Gasteiger partial charge in [-0.15, -0.1) is 0 Å². The summed E-state index contributed by atoms with van der Waals surface area (Å²) >= 11 is 5.85. The third kappa shape index (κ3) is 3.63. The molecule has 2 aromatic rings. The van der Waals surface area contributed by atoms with Crippen molar-refractivity contribution in [2.75, 3.05) is 5.32 Å². The van der Waals surface area contributed by atoms with Crippen LogP contribution >= 0.6 is 11.6 Å². The Morgan fingerprint density at radius 1 is 1.28 bits per heavy atom. The number of rotatable bonds is 3. The first-order chi connectivity index (χ1) is 11.7. The molecule has 1 aliphatic rings. The van der Waals surface area contributed by atoms with E-state index in [4.69, 9.17) is 21.1 Å². The van der Waals surface area contributed by atoms with Crippen LogP contribution in [-0.2, 0) is 19.1 Å². The van der Waals surface area contributed by atoms with Crippen LogP contribution in [0.2, 0.25) is 5.02 Å². The van der Waals surface area contributed by atoms with E-state index in [0.717, 1.165) is 6.20 Å². The Bertz CT molecular complexity index is 869. The monoisotopic (exact) mass is 365 g/mol. The van der Waals surface area contributed by atoms with Crippen molar-refractivity contribution in [2.24, 2.45) is 0 Å². The van der Waals surface area contributed by atoms with Gasteiger partial charge in [-0.3, -0.25) is 0 Å². The van der Waals surface area contributed by atoms with Gasteiger partial charge in [-0.2, -0.15) is 5.10 Å². The maximum atomic E-state index is 13.6. The maximum absolute atomic E-state index is 13.6. The molecule has 1 fully saturated rings. The van der Waals surface area contributed by atoms with Gasteiger partial charge in [0.1, 0.15) is 5.82 Å². The highest BCUT2D eigenvalue weighted by Gasteiger charge is 2.39. The predicted molar refractivity (Wildman–Crippen MR) is 86.5 cm³/mol. The number of anilines is 1. The zero-order valence-electron chi connectivity index (χ0n) is 13.2. The van der Waals surface area contributed by atoms with Crippen molar-refractivity contribution < 1.29 is 23.5 Å². The zero-order valence-corrected chi connectivity index (χ0v) is 14.0. The third-order valence-corrected chi connectivity index (χ3v) is 3.44. The third-order valence-electron chi connectivity index (χ3n) is 3.25. The number of hydrogen-bond acceptors (Lipinski definition) is 6. The Labute approximate surface area is 147 Å². The van der Waals surface area contributed by atoms with Crippen molar-refractivity contribution >= 4 is 29.2 Å². The van der Waals surface area contributed by atoms with Gasteiger partial charge in [0.2, 0.25) is 0 Å². The largest absolute Gasteiger partial charge is 0.419 e. The number of nitrogens with zero attached hydrogens (tertiary/aromatic N) is 2. The molecule has 1 aromatic carbocycles. The first kappa shape index (κ1) is 17.0. The van der Waals surface area contributed by atoms with Crippen LogP contribution in [-0.4, -0.2) is 27.5 Å². The molecule has 7 nitrogen and oxygen atoms in total. The molecule has 0 aliphatic carbocycles. The molecule has 0 atom stereocenters. The molecule has 1 saturated heterocycles. The molecule has 0 bridgehead atoms. The van der Waals surface area contributed by atoms with E-state index in [2.05, 4.69) is 10.4 Å². The SMILES string of the molecule is CC1(C)OC(=O)C(=CNc2cc(F)ccc2-n2cc(Cl)cn2)C(=O)O1. The quantitative estimate of drug-likeness (QED) is 0.511. The summed E-state index contributed by atoms with van der Waals surface area (Å²) in [6.07, 6.45) is 4.05. The van der Waals surface area contributed by atoms with Gasteiger partial charge in [-0.05, 0) is 18.2 Å². The van der Waals surface area contributed by atoms with E-state index in [9.17, 15) is 14.0 Å². The standard InChI is InChI=1S/C16H13ClFN3O4/c1-16(2)24-14(22)11(15(23)25-16)7-19-12-5-10(18)3-4-13(12)21-8-9(17)6-20-21/h3-8,19H,1-2H3. The van der Waals surface area contributed by atoms with Crippen LogP contribution in [0.5, 0.6) is 0 Å². The topological polar surface area (TPSA) is 82.5 Å². The molecule has 1 N–H and O–H groups in total. The number of ether oxygens (including phenoxy) is 2. The van der Waals surface area contributed by atoms with Gasteiger partial charge in [0, 0.05) is 26.2 Å². The number of carbonyl (C=O) groups is 2. The van der Waals surface area contributed by atoms with Gasteiger partial charge >= 0.3 is 11.9 Å². The molecule has 2 heterocycles. The number of aromatic nitrogens is 2. The average Bonchev–Trinajstić information content (AvgIpc) is 2.91. The van der Waals surface area contributed by atoms with E-state index < -0.39 is 23.5 Å². The Morgan fingerprint density at radius 2 is 1.96 bits per heavy atom. The molecule has 3 rings (SSSR count). The highest BCUT2D eigenvalue weighted by molar-refractivity contribution is 6.30. The van der Waals surface area contributed by atoms with Crippen LogP contribution in [0.4, 0.5) is 10.1 Å². The number of hydrogen-bond donors (Lipinski definition) is 1. The first-order valence-corrected chi connectivity index (χ1v) is 7.56. The Kier molecular flexibility index (Phi) is 4.22. The van der Waals surface area contributed by atoms with Gasteiger partial charge in [-0.1, -0.05) is 11.6 Å². The number of halogens is 2. The molecule has 9 heteroatoms. The highest BCUT2D eigenvalue weighted by atomic mass is 35.5. The number of carbonyl (C=O) groups excluding carboxylic acids is 2. The molecule has 0 spiro atoms. The van der Waals surface area contributed by atoms with E-state index in [-0.39, 0.29) is 11.3 Å². The van der Waals surface area contributed by atoms with Crippen LogP contribution in [0.1, 0.15) is 13.8 Å². The van der Waals surface area contributed by atoms with Crippen LogP contribution in [0, 0.1) is 5.82 Å². The molecule has 0 amide bonds. The predicted octanol–water partition coefficient (Wildman–Crippen LogP) is 2.80. The van der Waals surface area contributed by atoms with Crippen molar-refractivity contribution in [1.29, 1.82) is 0 Å². The Hall–Kier alpha value is -2.87. The van der Waals surface area contributed by atoms with Crippen LogP contribution in [0.15, 0.2) is 42.4 Å². The number of benzene rings is 1. The second kappa shape index (κ2) is 6.21. The van der Waals surface area contributed by atoms with Crippen LogP contribution in [0.3, 0.4) is 0 Å². The lowest BCUT2D eigenvalue weighted by atomic mass is 10.2. The maximum Gasteiger partial charge on any atom is 0.350 e. The summed E-state index contributed by atoms with van der Waals surface area (Å²) in [6, 6.07) is 3.90. The second-order valence-corrected chi connectivity index (χ2v) is 6.08. The van der Waals surface area contributed by atoms with Gasteiger partial charge < -0.3 is 14.8 Å². The summed E-state index contributed by atoms with van der Waals surface area (Å²) in [7, 11) is 0. The van der Waals surface area contributed by atoms with Crippen molar-refractivity contribution in [3.63, 3.8) is 0 Å². The minimum absolute atomic E-state index is 0.262. The van der Waals surface area contributed by atoms with Crippen molar-refractivity contribution in [1.82, 2.24) is 9.78 Å². The first-order valence-electron chi connectivity index (χ1n) is 7.19. The lowest BCUT2D eigenvalue weighted by molar-refractivity contribution is -0.222. The molecule has 25 heavy (non-hydrogen) atoms. The zero-order chi connectivity index (χ0) is 18.2. The van der Waals surface area contributed by atoms with E-state index >= 15 is 0 Å². The lowest BCUT2D eigenvalue weighted by Crippen LogP contribution is -2.42.